The third-order valence-corrected chi connectivity index (χ3v) is 3.61. The lowest BCUT2D eigenvalue weighted by Gasteiger charge is -2.10. The summed E-state index contributed by atoms with van der Waals surface area (Å²) in [6, 6.07) is 3.69. The summed E-state index contributed by atoms with van der Waals surface area (Å²) >= 11 is 0. The van der Waals surface area contributed by atoms with Gasteiger partial charge in [0.1, 0.15) is 5.75 Å². The number of non-ortho nitro benzene ring substituents is 1. The Hall–Kier alpha value is -1.83. The fourth-order valence-electron chi connectivity index (χ4n) is 1.37. The number of nitro groups is 1. The molecule has 0 radical (unpaired) electrons. The smallest absolute Gasteiger partial charge is 0.273 e. The molecule has 0 fully saturated rings. The summed E-state index contributed by atoms with van der Waals surface area (Å²) < 4.78 is 30.4. The molecule has 18 heavy (non-hydrogen) atoms. The number of anilines is 1. The van der Waals surface area contributed by atoms with Gasteiger partial charge in [-0.1, -0.05) is 6.92 Å². The molecule has 0 heterocycles. The number of ether oxygens (including phenoxy) is 1. The number of nitrogens with zero attached hydrogens (tertiary/aromatic N) is 1. The second-order valence-corrected chi connectivity index (χ2v) is 5.40. The van der Waals surface area contributed by atoms with Gasteiger partial charge in [0.2, 0.25) is 10.0 Å². The highest BCUT2D eigenvalue weighted by Gasteiger charge is 2.15. The first-order valence-corrected chi connectivity index (χ1v) is 6.87. The van der Waals surface area contributed by atoms with Crippen LogP contribution in [0.4, 0.5) is 11.4 Å². The molecule has 8 heteroatoms. The van der Waals surface area contributed by atoms with Crippen molar-refractivity contribution in [2.75, 3.05) is 17.6 Å². The van der Waals surface area contributed by atoms with E-state index in [1.807, 2.05) is 0 Å². The molecule has 0 amide bonds. The van der Waals surface area contributed by atoms with E-state index in [1.165, 1.54) is 25.3 Å². The third-order valence-electron chi connectivity index (χ3n) is 2.13. The summed E-state index contributed by atoms with van der Waals surface area (Å²) in [5.74, 6) is 0.0940. The summed E-state index contributed by atoms with van der Waals surface area (Å²) in [4.78, 5) is 10.0. The van der Waals surface area contributed by atoms with E-state index in [-0.39, 0.29) is 22.9 Å². The zero-order valence-electron chi connectivity index (χ0n) is 10.0. The lowest BCUT2D eigenvalue weighted by molar-refractivity contribution is -0.384. The van der Waals surface area contributed by atoms with Gasteiger partial charge in [-0.2, -0.15) is 0 Å². The van der Waals surface area contributed by atoms with Gasteiger partial charge in [0.05, 0.1) is 29.5 Å². The van der Waals surface area contributed by atoms with Crippen molar-refractivity contribution in [2.45, 2.75) is 13.3 Å². The maximum absolute atomic E-state index is 11.6. The maximum atomic E-state index is 11.6. The molecule has 1 rings (SSSR count). The van der Waals surface area contributed by atoms with E-state index in [2.05, 4.69) is 4.72 Å². The van der Waals surface area contributed by atoms with Crippen LogP contribution in [-0.4, -0.2) is 26.2 Å². The van der Waals surface area contributed by atoms with Gasteiger partial charge >= 0.3 is 0 Å². The Morgan fingerprint density at radius 3 is 2.61 bits per heavy atom. The van der Waals surface area contributed by atoms with E-state index < -0.39 is 14.9 Å². The fraction of sp³-hybridized carbons (Fsp3) is 0.400. The topological polar surface area (TPSA) is 98.5 Å². The minimum Gasteiger partial charge on any atom is -0.494 e. The summed E-state index contributed by atoms with van der Waals surface area (Å²) in [5.41, 5.74) is 0.0295. The van der Waals surface area contributed by atoms with Crippen LogP contribution in [0.15, 0.2) is 18.2 Å². The minimum absolute atomic E-state index is 0.0207. The predicted octanol–water partition coefficient (Wildman–Crippen LogP) is 1.76. The Morgan fingerprint density at radius 1 is 1.44 bits per heavy atom. The highest BCUT2D eigenvalue weighted by atomic mass is 32.2. The van der Waals surface area contributed by atoms with Crippen molar-refractivity contribution in [1.29, 1.82) is 0 Å². The molecular weight excluding hydrogens is 260 g/mol. The Morgan fingerprint density at radius 2 is 2.11 bits per heavy atom. The normalized spacial score (nSPS) is 11.0. The first-order valence-electron chi connectivity index (χ1n) is 5.22. The number of sulfonamides is 1. The van der Waals surface area contributed by atoms with Crippen LogP contribution in [0.5, 0.6) is 5.75 Å². The van der Waals surface area contributed by atoms with Gasteiger partial charge in [-0.25, -0.2) is 8.42 Å². The van der Waals surface area contributed by atoms with Crippen molar-refractivity contribution in [3.05, 3.63) is 28.3 Å². The van der Waals surface area contributed by atoms with E-state index in [4.69, 9.17) is 4.74 Å². The second kappa shape index (κ2) is 5.67. The van der Waals surface area contributed by atoms with Crippen LogP contribution >= 0.6 is 0 Å². The molecular formula is C10H14N2O5S. The Balaban J connectivity index is 3.07. The van der Waals surface area contributed by atoms with E-state index in [9.17, 15) is 18.5 Å². The van der Waals surface area contributed by atoms with Crippen LogP contribution in [0.25, 0.3) is 0 Å². The number of hydrogen-bond acceptors (Lipinski definition) is 5. The van der Waals surface area contributed by atoms with Crippen molar-refractivity contribution in [3.63, 3.8) is 0 Å². The van der Waals surface area contributed by atoms with E-state index in [0.29, 0.717) is 6.42 Å². The fourth-order valence-corrected chi connectivity index (χ4v) is 2.51. The largest absolute Gasteiger partial charge is 0.494 e. The number of nitro benzene ring substituents is 1. The summed E-state index contributed by atoms with van der Waals surface area (Å²) in [5, 5.41) is 10.6. The van der Waals surface area contributed by atoms with Crippen molar-refractivity contribution >= 4 is 21.4 Å². The molecule has 0 aliphatic heterocycles. The Bertz CT molecular complexity index is 541. The van der Waals surface area contributed by atoms with Crippen LogP contribution in [0.3, 0.4) is 0 Å². The van der Waals surface area contributed by atoms with E-state index in [1.54, 1.807) is 6.92 Å². The lowest BCUT2D eigenvalue weighted by atomic mass is 10.2. The van der Waals surface area contributed by atoms with Gasteiger partial charge < -0.3 is 4.74 Å². The lowest BCUT2D eigenvalue weighted by Crippen LogP contribution is -2.16. The summed E-state index contributed by atoms with van der Waals surface area (Å²) in [6.07, 6.45) is 0.477. The van der Waals surface area contributed by atoms with Crippen LogP contribution in [0.2, 0.25) is 0 Å². The molecule has 7 nitrogen and oxygen atoms in total. The zero-order valence-corrected chi connectivity index (χ0v) is 10.9. The first kappa shape index (κ1) is 14.2. The zero-order chi connectivity index (χ0) is 13.8. The monoisotopic (exact) mass is 274 g/mol. The summed E-state index contributed by atoms with van der Waals surface area (Å²) in [6.45, 7) is 1.74. The predicted molar refractivity (Wildman–Crippen MR) is 67.3 cm³/mol. The second-order valence-electron chi connectivity index (χ2n) is 3.56. The Kier molecular flexibility index (Phi) is 4.49. The van der Waals surface area contributed by atoms with Crippen LogP contribution < -0.4 is 9.46 Å². The quantitative estimate of drug-likeness (QED) is 0.629. The van der Waals surface area contributed by atoms with Gasteiger partial charge in [-0.05, 0) is 12.5 Å². The number of methoxy groups -OCH3 is 1. The van der Waals surface area contributed by atoms with Gasteiger partial charge in [0, 0.05) is 6.07 Å². The standard InChI is InChI=1S/C10H14N2O5S/c1-3-6-18(15,16)11-9-5-4-8(12(13)14)7-10(9)17-2/h4-5,7,11H,3,6H2,1-2H3. The first-order chi connectivity index (χ1) is 8.39. The number of rotatable bonds is 6. The molecule has 0 bridgehead atoms. The van der Waals surface area contributed by atoms with E-state index >= 15 is 0 Å². The number of benzene rings is 1. The average Bonchev–Trinajstić information content (AvgIpc) is 2.28. The van der Waals surface area contributed by atoms with Crippen molar-refractivity contribution in [2.24, 2.45) is 0 Å². The highest BCUT2D eigenvalue weighted by Crippen LogP contribution is 2.29. The van der Waals surface area contributed by atoms with Crippen LogP contribution in [0.1, 0.15) is 13.3 Å². The average molecular weight is 274 g/mol. The molecule has 0 unspecified atom stereocenters. The molecule has 1 aromatic carbocycles. The van der Waals surface area contributed by atoms with E-state index in [0.717, 1.165) is 0 Å². The summed E-state index contributed by atoms with van der Waals surface area (Å²) in [7, 11) is -2.13. The maximum Gasteiger partial charge on any atom is 0.273 e. The van der Waals surface area contributed by atoms with Crippen molar-refractivity contribution in [1.82, 2.24) is 0 Å². The Labute approximate surface area is 105 Å². The van der Waals surface area contributed by atoms with Gasteiger partial charge in [-0.3, -0.25) is 14.8 Å². The molecule has 1 N–H and O–H groups in total. The highest BCUT2D eigenvalue weighted by molar-refractivity contribution is 7.92. The molecule has 0 saturated heterocycles. The van der Waals surface area contributed by atoms with Gasteiger partial charge in [0.15, 0.2) is 0 Å². The molecule has 0 aliphatic rings. The van der Waals surface area contributed by atoms with Crippen LogP contribution in [-0.2, 0) is 10.0 Å². The van der Waals surface area contributed by atoms with Gasteiger partial charge in [0.25, 0.3) is 5.69 Å². The minimum atomic E-state index is -3.45. The molecule has 0 aliphatic carbocycles. The van der Waals surface area contributed by atoms with Gasteiger partial charge in [-0.15, -0.1) is 0 Å². The van der Waals surface area contributed by atoms with Crippen LogP contribution in [0, 0.1) is 10.1 Å². The molecule has 0 spiro atoms. The SMILES string of the molecule is CCCS(=O)(=O)Nc1ccc([N+](=O)[O-])cc1OC. The number of hydrogen-bond donors (Lipinski definition) is 1. The van der Waals surface area contributed by atoms with Crippen molar-refractivity contribution < 1.29 is 18.1 Å². The number of nitrogens with one attached hydrogen (secondary N) is 1. The molecule has 1 aromatic rings. The third kappa shape index (κ3) is 3.59. The molecule has 100 valence electrons. The van der Waals surface area contributed by atoms with Crippen molar-refractivity contribution in [3.8, 4) is 5.75 Å². The molecule has 0 atom stereocenters. The molecule has 0 aromatic heterocycles. The molecule has 0 saturated carbocycles.